The molecule has 0 N–H and O–H groups in total. The van der Waals surface area contributed by atoms with E-state index in [0.29, 0.717) is 17.0 Å². The zero-order valence-electron chi connectivity index (χ0n) is 12.0. The molecule has 2 fully saturated rings. The monoisotopic (exact) mass is 309 g/mol. The zero-order chi connectivity index (χ0) is 14.7. The van der Waals surface area contributed by atoms with Crippen LogP contribution in [0.25, 0.3) is 0 Å². The molecule has 3 heterocycles. The number of aromatic nitrogens is 1. The fraction of sp³-hybridized carbons (Fsp3) is 0.600. The normalized spacial score (nSPS) is 23.5. The average Bonchev–Trinajstić information content (AvgIpc) is 3.00. The Morgan fingerprint density at radius 3 is 2.81 bits per heavy atom. The summed E-state index contributed by atoms with van der Waals surface area (Å²) in [4.78, 5) is 20.7. The van der Waals surface area contributed by atoms with Crippen molar-refractivity contribution >= 4 is 17.5 Å². The Bertz CT molecular complexity index is 497. The standard InChI is InChI=1S/C15H20ClN3O2/c16-14-5-1-4-13(17-14)15(20)19-8-6-18(7-9-19)11-12-3-2-10-21-12/h1,4-5,12H,2-3,6-11H2. The van der Waals surface area contributed by atoms with Gasteiger partial charge < -0.3 is 9.64 Å². The lowest BCUT2D eigenvalue weighted by molar-refractivity contribution is 0.0430. The lowest BCUT2D eigenvalue weighted by Crippen LogP contribution is -2.50. The van der Waals surface area contributed by atoms with Crippen molar-refractivity contribution in [2.45, 2.75) is 18.9 Å². The topological polar surface area (TPSA) is 45.7 Å². The van der Waals surface area contributed by atoms with Crippen molar-refractivity contribution in [1.82, 2.24) is 14.8 Å². The highest BCUT2D eigenvalue weighted by Gasteiger charge is 2.25. The molecule has 114 valence electrons. The van der Waals surface area contributed by atoms with Crippen LogP contribution in [0.2, 0.25) is 5.15 Å². The SMILES string of the molecule is O=C(c1cccc(Cl)n1)N1CCN(CC2CCCO2)CC1. The quantitative estimate of drug-likeness (QED) is 0.797. The Hall–Kier alpha value is -1.17. The van der Waals surface area contributed by atoms with Gasteiger partial charge in [0.1, 0.15) is 10.8 Å². The van der Waals surface area contributed by atoms with E-state index in [-0.39, 0.29) is 5.91 Å². The summed E-state index contributed by atoms with van der Waals surface area (Å²) >= 11 is 5.84. The molecule has 0 saturated carbocycles. The smallest absolute Gasteiger partial charge is 0.272 e. The summed E-state index contributed by atoms with van der Waals surface area (Å²) in [7, 11) is 0. The summed E-state index contributed by atoms with van der Waals surface area (Å²) in [5, 5.41) is 0.359. The molecule has 1 aromatic heterocycles. The number of amides is 1. The van der Waals surface area contributed by atoms with Crippen LogP contribution in [-0.2, 0) is 4.74 Å². The van der Waals surface area contributed by atoms with Gasteiger partial charge in [-0.1, -0.05) is 17.7 Å². The van der Waals surface area contributed by atoms with Gasteiger partial charge in [-0.2, -0.15) is 0 Å². The first-order valence-electron chi connectivity index (χ1n) is 7.48. The van der Waals surface area contributed by atoms with Crippen LogP contribution in [0, 0.1) is 0 Å². The molecule has 0 bridgehead atoms. The lowest BCUT2D eigenvalue weighted by atomic mass is 10.2. The molecule has 0 aliphatic carbocycles. The van der Waals surface area contributed by atoms with Gasteiger partial charge in [0.2, 0.25) is 0 Å². The Morgan fingerprint density at radius 2 is 2.14 bits per heavy atom. The van der Waals surface area contributed by atoms with E-state index in [1.807, 2.05) is 4.90 Å². The third kappa shape index (κ3) is 3.73. The second-order valence-electron chi connectivity index (χ2n) is 5.57. The van der Waals surface area contributed by atoms with Crippen LogP contribution in [0.1, 0.15) is 23.3 Å². The van der Waals surface area contributed by atoms with Crippen molar-refractivity contribution in [2.24, 2.45) is 0 Å². The molecule has 0 aromatic carbocycles. The first-order chi connectivity index (χ1) is 10.2. The van der Waals surface area contributed by atoms with E-state index in [9.17, 15) is 4.79 Å². The molecular weight excluding hydrogens is 290 g/mol. The molecule has 2 aliphatic rings. The number of rotatable bonds is 3. The van der Waals surface area contributed by atoms with Gasteiger partial charge in [-0.15, -0.1) is 0 Å². The summed E-state index contributed by atoms with van der Waals surface area (Å²) in [5.41, 5.74) is 0.426. The first kappa shape index (κ1) is 14.8. The van der Waals surface area contributed by atoms with Crippen LogP contribution in [0.4, 0.5) is 0 Å². The van der Waals surface area contributed by atoms with Crippen LogP contribution in [0.3, 0.4) is 0 Å². The van der Waals surface area contributed by atoms with Crippen molar-refractivity contribution in [1.29, 1.82) is 0 Å². The Balaban J connectivity index is 1.52. The van der Waals surface area contributed by atoms with Crippen LogP contribution in [0.5, 0.6) is 0 Å². The van der Waals surface area contributed by atoms with Crippen LogP contribution < -0.4 is 0 Å². The predicted octanol–water partition coefficient (Wildman–Crippen LogP) is 1.67. The first-order valence-corrected chi connectivity index (χ1v) is 7.86. The third-order valence-electron chi connectivity index (χ3n) is 4.08. The molecular formula is C15H20ClN3O2. The number of hydrogen-bond acceptors (Lipinski definition) is 4. The van der Waals surface area contributed by atoms with E-state index < -0.39 is 0 Å². The van der Waals surface area contributed by atoms with Crippen molar-refractivity contribution in [3.05, 3.63) is 29.0 Å². The minimum absolute atomic E-state index is 0.0331. The summed E-state index contributed by atoms with van der Waals surface area (Å²) in [6.45, 7) is 5.14. The highest BCUT2D eigenvalue weighted by Crippen LogP contribution is 2.15. The van der Waals surface area contributed by atoms with Gasteiger partial charge in [0.05, 0.1) is 6.10 Å². The van der Waals surface area contributed by atoms with E-state index in [0.717, 1.165) is 45.8 Å². The fourth-order valence-electron chi connectivity index (χ4n) is 2.90. The van der Waals surface area contributed by atoms with Crippen molar-refractivity contribution in [2.75, 3.05) is 39.3 Å². The maximum atomic E-state index is 12.4. The molecule has 21 heavy (non-hydrogen) atoms. The van der Waals surface area contributed by atoms with Crippen LogP contribution >= 0.6 is 11.6 Å². The van der Waals surface area contributed by atoms with Crippen LogP contribution in [0.15, 0.2) is 18.2 Å². The Labute approximate surface area is 129 Å². The molecule has 0 radical (unpaired) electrons. The molecule has 1 aromatic rings. The maximum absolute atomic E-state index is 12.4. The largest absolute Gasteiger partial charge is 0.377 e. The lowest BCUT2D eigenvalue weighted by Gasteiger charge is -2.35. The number of carbonyl (C=O) groups is 1. The van der Waals surface area contributed by atoms with Gasteiger partial charge in [-0.05, 0) is 25.0 Å². The number of ether oxygens (including phenoxy) is 1. The molecule has 5 nitrogen and oxygen atoms in total. The second-order valence-corrected chi connectivity index (χ2v) is 5.96. The highest BCUT2D eigenvalue weighted by molar-refractivity contribution is 6.29. The van der Waals surface area contributed by atoms with Crippen molar-refractivity contribution < 1.29 is 9.53 Å². The Morgan fingerprint density at radius 1 is 1.33 bits per heavy atom. The summed E-state index contributed by atoms with van der Waals surface area (Å²) in [6, 6.07) is 5.15. The summed E-state index contributed by atoms with van der Waals surface area (Å²) in [6.07, 6.45) is 2.71. The number of nitrogens with zero attached hydrogens (tertiary/aromatic N) is 3. The highest BCUT2D eigenvalue weighted by atomic mass is 35.5. The molecule has 2 saturated heterocycles. The van der Waals surface area contributed by atoms with Gasteiger partial charge in [0.25, 0.3) is 5.91 Å². The molecule has 1 amide bonds. The number of halogens is 1. The molecule has 2 aliphatic heterocycles. The number of carbonyl (C=O) groups excluding carboxylic acids is 1. The maximum Gasteiger partial charge on any atom is 0.272 e. The van der Waals surface area contributed by atoms with E-state index in [1.54, 1.807) is 18.2 Å². The molecule has 3 rings (SSSR count). The zero-order valence-corrected chi connectivity index (χ0v) is 12.8. The van der Waals surface area contributed by atoms with E-state index in [2.05, 4.69) is 9.88 Å². The molecule has 1 unspecified atom stereocenters. The molecule has 0 spiro atoms. The Kier molecular flexibility index (Phi) is 4.73. The van der Waals surface area contributed by atoms with E-state index in [4.69, 9.17) is 16.3 Å². The van der Waals surface area contributed by atoms with E-state index >= 15 is 0 Å². The average molecular weight is 310 g/mol. The van der Waals surface area contributed by atoms with Gasteiger partial charge >= 0.3 is 0 Å². The molecule has 6 heteroatoms. The summed E-state index contributed by atoms with van der Waals surface area (Å²) < 4.78 is 5.67. The predicted molar refractivity (Wildman–Crippen MR) is 80.6 cm³/mol. The van der Waals surface area contributed by atoms with Crippen molar-refractivity contribution in [3.63, 3.8) is 0 Å². The van der Waals surface area contributed by atoms with Gasteiger partial charge in [-0.25, -0.2) is 4.98 Å². The third-order valence-corrected chi connectivity index (χ3v) is 4.29. The molecule has 1 atom stereocenters. The number of hydrogen-bond donors (Lipinski definition) is 0. The number of piperazine rings is 1. The number of pyridine rings is 1. The summed E-state index contributed by atoms with van der Waals surface area (Å²) in [5.74, 6) is -0.0331. The van der Waals surface area contributed by atoms with Gasteiger partial charge in [0, 0.05) is 39.3 Å². The minimum atomic E-state index is -0.0331. The second kappa shape index (κ2) is 6.73. The van der Waals surface area contributed by atoms with Crippen LogP contribution in [-0.4, -0.2) is 66.1 Å². The minimum Gasteiger partial charge on any atom is -0.377 e. The van der Waals surface area contributed by atoms with E-state index in [1.165, 1.54) is 6.42 Å². The van der Waals surface area contributed by atoms with Gasteiger partial charge in [-0.3, -0.25) is 9.69 Å². The van der Waals surface area contributed by atoms with Gasteiger partial charge in [0.15, 0.2) is 0 Å². The van der Waals surface area contributed by atoms with Crippen molar-refractivity contribution in [3.8, 4) is 0 Å². The fourth-order valence-corrected chi connectivity index (χ4v) is 3.06.